The van der Waals surface area contributed by atoms with E-state index in [0.717, 1.165) is 43.1 Å². The molecule has 1 N–H and O–H groups in total. The first kappa shape index (κ1) is 16.8. The Morgan fingerprint density at radius 3 is 2.85 bits per heavy atom. The number of benzene rings is 1. The largest absolute Gasteiger partial charge is 0.348 e. The molecule has 0 saturated carbocycles. The van der Waals surface area contributed by atoms with Crippen LogP contribution in [0.15, 0.2) is 30.3 Å². The summed E-state index contributed by atoms with van der Waals surface area (Å²) in [5.41, 5.74) is 0.843. The van der Waals surface area contributed by atoms with Crippen molar-refractivity contribution in [3.05, 3.63) is 42.0 Å². The molecule has 1 saturated heterocycles. The summed E-state index contributed by atoms with van der Waals surface area (Å²) in [6.07, 6.45) is 4.66. The van der Waals surface area contributed by atoms with Crippen molar-refractivity contribution in [1.82, 2.24) is 20.1 Å². The Morgan fingerprint density at radius 2 is 2.00 bits per heavy atom. The molecule has 1 aromatic carbocycles. The van der Waals surface area contributed by atoms with Gasteiger partial charge in [0.05, 0.1) is 12.5 Å². The van der Waals surface area contributed by atoms with Gasteiger partial charge in [0.2, 0.25) is 11.8 Å². The van der Waals surface area contributed by atoms with E-state index < -0.39 is 0 Å². The molecule has 0 spiro atoms. The Bertz CT molecular complexity index is 802. The Balaban J connectivity index is 1.37. The zero-order valence-corrected chi connectivity index (χ0v) is 14.7. The normalized spacial score (nSPS) is 19.9. The summed E-state index contributed by atoms with van der Waals surface area (Å²) in [6, 6.07) is 9.49. The number of amides is 2. The van der Waals surface area contributed by atoms with Crippen LogP contribution in [0.25, 0.3) is 0 Å². The second-order valence-corrected chi connectivity index (χ2v) is 6.95. The molecule has 1 aromatic heterocycles. The average molecular weight is 353 g/mol. The van der Waals surface area contributed by atoms with Crippen molar-refractivity contribution >= 4 is 17.5 Å². The summed E-state index contributed by atoms with van der Waals surface area (Å²) in [6.45, 7) is 1.70. The number of para-hydroxylation sites is 1. The van der Waals surface area contributed by atoms with Gasteiger partial charge in [0.15, 0.2) is 5.82 Å². The minimum Gasteiger partial charge on any atom is -0.348 e. The number of carbonyl (C=O) groups excluding carboxylic acids is 2. The second kappa shape index (κ2) is 7.27. The maximum Gasteiger partial charge on any atom is 0.227 e. The van der Waals surface area contributed by atoms with Gasteiger partial charge < -0.3 is 14.8 Å². The van der Waals surface area contributed by atoms with Gasteiger partial charge in [-0.3, -0.25) is 9.59 Å². The van der Waals surface area contributed by atoms with Gasteiger partial charge in [-0.05, 0) is 25.0 Å². The van der Waals surface area contributed by atoms with Gasteiger partial charge in [0.25, 0.3) is 0 Å². The van der Waals surface area contributed by atoms with E-state index >= 15 is 0 Å². The highest BCUT2D eigenvalue weighted by Crippen LogP contribution is 2.25. The molecule has 0 radical (unpaired) electrons. The maximum atomic E-state index is 12.6. The summed E-state index contributed by atoms with van der Waals surface area (Å²) in [4.78, 5) is 26.5. The van der Waals surface area contributed by atoms with E-state index in [2.05, 4.69) is 20.1 Å². The second-order valence-electron chi connectivity index (χ2n) is 6.95. The molecule has 2 aliphatic heterocycles. The first-order valence-electron chi connectivity index (χ1n) is 9.26. The molecule has 1 fully saturated rings. The third kappa shape index (κ3) is 3.34. The first-order valence-corrected chi connectivity index (χ1v) is 9.26. The van der Waals surface area contributed by atoms with E-state index in [1.165, 1.54) is 6.42 Å². The van der Waals surface area contributed by atoms with Crippen molar-refractivity contribution in [3.8, 4) is 0 Å². The van der Waals surface area contributed by atoms with Crippen LogP contribution in [0.4, 0.5) is 5.69 Å². The van der Waals surface area contributed by atoms with Crippen LogP contribution in [0.5, 0.6) is 0 Å². The number of fused-ring (bicyclic) bond motifs is 1. The van der Waals surface area contributed by atoms with E-state index in [-0.39, 0.29) is 24.2 Å². The van der Waals surface area contributed by atoms with E-state index in [4.69, 9.17) is 0 Å². The van der Waals surface area contributed by atoms with Crippen LogP contribution in [0.3, 0.4) is 0 Å². The summed E-state index contributed by atoms with van der Waals surface area (Å²) < 4.78 is 2.13. The third-order valence-electron chi connectivity index (χ3n) is 5.17. The van der Waals surface area contributed by atoms with Crippen LogP contribution in [0, 0.1) is 5.92 Å². The Kier molecular flexibility index (Phi) is 4.69. The van der Waals surface area contributed by atoms with Gasteiger partial charge in [-0.25, -0.2) is 0 Å². The fraction of sp³-hybridized carbons (Fsp3) is 0.474. The molecule has 0 unspecified atom stereocenters. The maximum absolute atomic E-state index is 12.6. The number of nitrogens with one attached hydrogen (secondary N) is 1. The molecule has 2 amide bonds. The summed E-state index contributed by atoms with van der Waals surface area (Å²) in [5.74, 6) is 1.39. The number of hydrogen-bond acceptors (Lipinski definition) is 4. The quantitative estimate of drug-likeness (QED) is 0.907. The molecule has 4 rings (SSSR count). The molecule has 7 nitrogen and oxygen atoms in total. The molecule has 0 bridgehead atoms. The van der Waals surface area contributed by atoms with Crippen LogP contribution in [-0.4, -0.2) is 33.1 Å². The van der Waals surface area contributed by atoms with Crippen molar-refractivity contribution in [2.75, 3.05) is 11.4 Å². The van der Waals surface area contributed by atoms with E-state index in [1.807, 2.05) is 30.3 Å². The number of rotatable bonds is 4. The van der Waals surface area contributed by atoms with Crippen LogP contribution in [0.1, 0.15) is 37.3 Å². The van der Waals surface area contributed by atoms with Gasteiger partial charge in [0.1, 0.15) is 5.82 Å². The average Bonchev–Trinajstić information content (AvgIpc) is 3.16. The van der Waals surface area contributed by atoms with E-state index in [9.17, 15) is 9.59 Å². The standard InChI is InChI=1S/C19H23N5O2/c25-18-11-14(13-24(18)15-7-3-1-4-8-15)19(26)20-12-17-22-21-16-9-5-2-6-10-23(16)17/h1,3-4,7-8,14H,2,5-6,9-13H2,(H,20,26)/t14-/m1/s1. The lowest BCUT2D eigenvalue weighted by atomic mass is 10.1. The van der Waals surface area contributed by atoms with Crippen LogP contribution in [-0.2, 0) is 29.1 Å². The monoisotopic (exact) mass is 353 g/mol. The van der Waals surface area contributed by atoms with Crippen LogP contribution in [0.2, 0.25) is 0 Å². The highest BCUT2D eigenvalue weighted by Gasteiger charge is 2.35. The van der Waals surface area contributed by atoms with Gasteiger partial charge >= 0.3 is 0 Å². The predicted molar refractivity (Wildman–Crippen MR) is 96.3 cm³/mol. The molecule has 2 aromatic rings. The Morgan fingerprint density at radius 1 is 1.15 bits per heavy atom. The number of aryl methyl sites for hydroxylation is 1. The van der Waals surface area contributed by atoms with Crippen molar-refractivity contribution in [1.29, 1.82) is 0 Å². The van der Waals surface area contributed by atoms with Gasteiger partial charge in [-0.2, -0.15) is 0 Å². The number of anilines is 1. The smallest absolute Gasteiger partial charge is 0.227 e. The molecule has 2 aliphatic rings. The summed E-state index contributed by atoms with van der Waals surface area (Å²) in [5, 5.41) is 11.4. The molecule has 26 heavy (non-hydrogen) atoms. The first-order chi connectivity index (χ1) is 12.7. The third-order valence-corrected chi connectivity index (χ3v) is 5.17. The zero-order valence-electron chi connectivity index (χ0n) is 14.7. The minimum absolute atomic E-state index is 0.00676. The predicted octanol–water partition coefficient (Wildman–Crippen LogP) is 1.67. The minimum atomic E-state index is -0.325. The number of aromatic nitrogens is 3. The lowest BCUT2D eigenvalue weighted by molar-refractivity contribution is -0.126. The summed E-state index contributed by atoms with van der Waals surface area (Å²) >= 11 is 0. The molecule has 3 heterocycles. The molecule has 1 atom stereocenters. The fourth-order valence-corrected chi connectivity index (χ4v) is 3.73. The number of carbonyl (C=O) groups is 2. The Labute approximate surface area is 152 Å². The molecule has 7 heteroatoms. The highest BCUT2D eigenvalue weighted by molar-refractivity contribution is 6.00. The van der Waals surface area contributed by atoms with Crippen molar-refractivity contribution in [2.24, 2.45) is 5.92 Å². The topological polar surface area (TPSA) is 80.1 Å². The summed E-state index contributed by atoms with van der Waals surface area (Å²) in [7, 11) is 0. The number of hydrogen-bond donors (Lipinski definition) is 1. The fourth-order valence-electron chi connectivity index (χ4n) is 3.73. The number of nitrogens with zero attached hydrogens (tertiary/aromatic N) is 4. The van der Waals surface area contributed by atoms with Crippen molar-refractivity contribution in [2.45, 2.75) is 45.2 Å². The van der Waals surface area contributed by atoms with Crippen LogP contribution >= 0.6 is 0 Å². The van der Waals surface area contributed by atoms with Crippen molar-refractivity contribution < 1.29 is 9.59 Å². The molecular formula is C19H23N5O2. The lowest BCUT2D eigenvalue weighted by Crippen LogP contribution is -2.33. The van der Waals surface area contributed by atoms with E-state index in [0.29, 0.717) is 13.1 Å². The molecular weight excluding hydrogens is 330 g/mol. The van der Waals surface area contributed by atoms with E-state index in [1.54, 1.807) is 4.90 Å². The van der Waals surface area contributed by atoms with Gasteiger partial charge in [-0.1, -0.05) is 24.6 Å². The molecule has 0 aliphatic carbocycles. The Hall–Kier alpha value is -2.70. The van der Waals surface area contributed by atoms with Crippen molar-refractivity contribution in [3.63, 3.8) is 0 Å². The van der Waals surface area contributed by atoms with Crippen LogP contribution < -0.4 is 10.2 Å². The van der Waals surface area contributed by atoms with Gasteiger partial charge in [0, 0.05) is 31.6 Å². The SMILES string of the molecule is O=C(NCc1nnc2n1CCCCC2)[C@@H]1CC(=O)N(c2ccccc2)C1. The molecule has 136 valence electrons. The van der Waals surface area contributed by atoms with Gasteiger partial charge in [-0.15, -0.1) is 10.2 Å². The lowest BCUT2D eigenvalue weighted by Gasteiger charge is -2.16. The highest BCUT2D eigenvalue weighted by atomic mass is 16.2. The zero-order chi connectivity index (χ0) is 17.9.